The van der Waals surface area contributed by atoms with Crippen LogP contribution in [0.2, 0.25) is 0 Å². The number of rotatable bonds is 8. The van der Waals surface area contributed by atoms with Gasteiger partial charge < -0.3 is 15.7 Å². The van der Waals surface area contributed by atoms with E-state index in [4.69, 9.17) is 0 Å². The van der Waals surface area contributed by atoms with Gasteiger partial charge in [-0.25, -0.2) is 4.99 Å². The van der Waals surface area contributed by atoms with Crippen LogP contribution in [0.4, 0.5) is 0 Å². The average Bonchev–Trinajstić information content (AvgIpc) is 2.48. The molecule has 5 heteroatoms. The van der Waals surface area contributed by atoms with Gasteiger partial charge >= 0.3 is 0 Å². The van der Waals surface area contributed by atoms with Crippen LogP contribution in [0.25, 0.3) is 0 Å². The minimum Gasteiger partial charge on any atom is -0.508 e. The van der Waals surface area contributed by atoms with Crippen LogP contribution < -0.4 is 10.6 Å². The molecule has 0 aliphatic rings. The standard InChI is InChI=1S/C18H32N4O/c1-6-19-18(20-10-11-22(14(2)3)15(4)5)21-13-16-8-7-9-17(23)12-16/h7-9,12,14-15,23H,6,10-11,13H2,1-5H3,(H2,19,20,21). The zero-order valence-electron chi connectivity index (χ0n) is 15.1. The number of aromatic hydroxyl groups is 1. The Bertz CT molecular complexity index is 478. The molecule has 0 atom stereocenters. The maximum atomic E-state index is 9.50. The van der Waals surface area contributed by atoms with Gasteiger partial charge in [0.25, 0.3) is 0 Å². The molecule has 130 valence electrons. The first-order chi connectivity index (χ1) is 10.9. The van der Waals surface area contributed by atoms with Gasteiger partial charge in [0.1, 0.15) is 5.75 Å². The topological polar surface area (TPSA) is 59.9 Å². The van der Waals surface area contributed by atoms with Crippen molar-refractivity contribution in [1.82, 2.24) is 15.5 Å². The summed E-state index contributed by atoms with van der Waals surface area (Å²) in [5, 5.41) is 16.1. The summed E-state index contributed by atoms with van der Waals surface area (Å²) in [4.78, 5) is 7.03. The van der Waals surface area contributed by atoms with Crippen molar-refractivity contribution in [3.8, 4) is 5.75 Å². The van der Waals surface area contributed by atoms with Crippen LogP contribution in [0.3, 0.4) is 0 Å². The second-order valence-corrected chi connectivity index (χ2v) is 6.22. The molecule has 0 aromatic heterocycles. The van der Waals surface area contributed by atoms with Gasteiger partial charge in [-0.2, -0.15) is 0 Å². The Morgan fingerprint density at radius 1 is 1.17 bits per heavy atom. The lowest BCUT2D eigenvalue weighted by atomic mass is 10.2. The van der Waals surface area contributed by atoms with Crippen molar-refractivity contribution in [1.29, 1.82) is 0 Å². The highest BCUT2D eigenvalue weighted by molar-refractivity contribution is 5.79. The molecule has 0 unspecified atom stereocenters. The number of nitrogens with zero attached hydrogens (tertiary/aromatic N) is 2. The Labute approximate surface area is 140 Å². The van der Waals surface area contributed by atoms with E-state index >= 15 is 0 Å². The number of hydrogen-bond donors (Lipinski definition) is 3. The molecule has 3 N–H and O–H groups in total. The minimum atomic E-state index is 0.278. The van der Waals surface area contributed by atoms with Crippen molar-refractivity contribution < 1.29 is 5.11 Å². The van der Waals surface area contributed by atoms with E-state index in [1.807, 2.05) is 12.1 Å². The summed E-state index contributed by atoms with van der Waals surface area (Å²) in [6.45, 7) is 14.1. The van der Waals surface area contributed by atoms with Gasteiger partial charge in [-0.1, -0.05) is 12.1 Å². The SMILES string of the molecule is CCNC(=NCc1cccc(O)c1)NCCN(C(C)C)C(C)C. The predicted octanol–water partition coefficient (Wildman–Crippen LogP) is 2.57. The van der Waals surface area contributed by atoms with Gasteiger partial charge in [0.2, 0.25) is 0 Å². The van der Waals surface area contributed by atoms with Crippen molar-refractivity contribution in [2.24, 2.45) is 4.99 Å². The van der Waals surface area contributed by atoms with Crippen LogP contribution in [0.15, 0.2) is 29.3 Å². The summed E-state index contributed by atoms with van der Waals surface area (Å²) in [7, 11) is 0. The smallest absolute Gasteiger partial charge is 0.191 e. The fourth-order valence-electron chi connectivity index (χ4n) is 2.58. The van der Waals surface area contributed by atoms with Gasteiger partial charge in [0.15, 0.2) is 5.96 Å². The van der Waals surface area contributed by atoms with Crippen LogP contribution in [-0.2, 0) is 6.54 Å². The summed E-state index contributed by atoms with van der Waals surface area (Å²) in [5.74, 6) is 1.09. The zero-order chi connectivity index (χ0) is 17.2. The van der Waals surface area contributed by atoms with E-state index in [-0.39, 0.29) is 5.75 Å². The Kier molecular flexibility index (Phi) is 8.48. The number of guanidine groups is 1. The molecule has 0 amide bonds. The first kappa shape index (κ1) is 19.3. The van der Waals surface area contributed by atoms with Crippen molar-refractivity contribution in [3.63, 3.8) is 0 Å². The van der Waals surface area contributed by atoms with E-state index in [2.05, 4.69) is 55.1 Å². The van der Waals surface area contributed by atoms with Gasteiger partial charge in [0.05, 0.1) is 6.54 Å². The van der Waals surface area contributed by atoms with E-state index < -0.39 is 0 Å². The number of nitrogens with one attached hydrogen (secondary N) is 2. The van der Waals surface area contributed by atoms with E-state index in [9.17, 15) is 5.11 Å². The average molecular weight is 320 g/mol. The Morgan fingerprint density at radius 3 is 2.43 bits per heavy atom. The molecule has 5 nitrogen and oxygen atoms in total. The van der Waals surface area contributed by atoms with Gasteiger partial charge in [0, 0.05) is 31.7 Å². The highest BCUT2D eigenvalue weighted by Crippen LogP contribution is 2.11. The quantitative estimate of drug-likeness (QED) is 0.509. The van der Waals surface area contributed by atoms with Gasteiger partial charge in [-0.3, -0.25) is 4.90 Å². The zero-order valence-corrected chi connectivity index (χ0v) is 15.1. The molecule has 0 heterocycles. The molecule has 0 aliphatic heterocycles. The van der Waals surface area contributed by atoms with Crippen LogP contribution in [-0.4, -0.2) is 47.7 Å². The molecule has 0 aliphatic carbocycles. The summed E-state index contributed by atoms with van der Waals surface area (Å²) < 4.78 is 0. The lowest BCUT2D eigenvalue weighted by Crippen LogP contribution is -2.45. The lowest BCUT2D eigenvalue weighted by Gasteiger charge is -2.30. The molecule has 0 saturated heterocycles. The fourth-order valence-corrected chi connectivity index (χ4v) is 2.58. The largest absolute Gasteiger partial charge is 0.508 e. The molecule has 0 saturated carbocycles. The number of benzene rings is 1. The molecule has 0 bridgehead atoms. The molecular weight excluding hydrogens is 288 g/mol. The maximum absolute atomic E-state index is 9.50. The third kappa shape index (κ3) is 7.37. The number of phenols is 1. The summed E-state index contributed by atoms with van der Waals surface area (Å²) >= 11 is 0. The number of hydrogen-bond acceptors (Lipinski definition) is 3. The summed E-state index contributed by atoms with van der Waals surface area (Å²) in [6.07, 6.45) is 0. The fraction of sp³-hybridized carbons (Fsp3) is 0.611. The van der Waals surface area contributed by atoms with Crippen molar-refractivity contribution >= 4 is 5.96 Å². The van der Waals surface area contributed by atoms with E-state index in [1.54, 1.807) is 12.1 Å². The van der Waals surface area contributed by atoms with E-state index in [0.717, 1.165) is 31.2 Å². The van der Waals surface area contributed by atoms with Crippen molar-refractivity contribution in [2.45, 2.75) is 53.2 Å². The Morgan fingerprint density at radius 2 is 1.87 bits per heavy atom. The molecule has 0 spiro atoms. The summed E-state index contributed by atoms with van der Waals surface area (Å²) in [6, 6.07) is 8.28. The van der Waals surface area contributed by atoms with Crippen LogP contribution in [0.5, 0.6) is 5.75 Å². The molecule has 0 radical (unpaired) electrons. The monoisotopic (exact) mass is 320 g/mol. The molecule has 23 heavy (non-hydrogen) atoms. The maximum Gasteiger partial charge on any atom is 0.191 e. The molecule has 1 rings (SSSR count). The molecule has 1 aromatic rings. The van der Waals surface area contributed by atoms with Crippen molar-refractivity contribution in [3.05, 3.63) is 29.8 Å². The molecule has 0 fully saturated rings. The minimum absolute atomic E-state index is 0.278. The Balaban J connectivity index is 2.55. The van der Waals surface area contributed by atoms with Crippen LogP contribution in [0.1, 0.15) is 40.2 Å². The third-order valence-electron chi connectivity index (χ3n) is 3.66. The normalized spacial score (nSPS) is 12.3. The highest BCUT2D eigenvalue weighted by atomic mass is 16.3. The number of phenolic OH excluding ortho intramolecular Hbond substituents is 1. The third-order valence-corrected chi connectivity index (χ3v) is 3.66. The highest BCUT2D eigenvalue weighted by Gasteiger charge is 2.12. The lowest BCUT2D eigenvalue weighted by molar-refractivity contribution is 0.178. The molecule has 1 aromatic carbocycles. The second-order valence-electron chi connectivity index (χ2n) is 6.22. The van der Waals surface area contributed by atoms with E-state index in [0.29, 0.717) is 18.6 Å². The van der Waals surface area contributed by atoms with E-state index in [1.165, 1.54) is 0 Å². The predicted molar refractivity (Wildman–Crippen MR) is 97.9 cm³/mol. The van der Waals surface area contributed by atoms with Gasteiger partial charge in [-0.05, 0) is 52.3 Å². The van der Waals surface area contributed by atoms with Crippen LogP contribution >= 0.6 is 0 Å². The number of aliphatic imine (C=N–C) groups is 1. The van der Waals surface area contributed by atoms with Crippen molar-refractivity contribution in [2.75, 3.05) is 19.6 Å². The first-order valence-electron chi connectivity index (χ1n) is 8.49. The van der Waals surface area contributed by atoms with Crippen LogP contribution in [0, 0.1) is 0 Å². The molecular formula is C18H32N4O. The first-order valence-corrected chi connectivity index (χ1v) is 8.49. The van der Waals surface area contributed by atoms with Gasteiger partial charge in [-0.15, -0.1) is 0 Å². The second kappa shape index (κ2) is 10.1. The summed E-state index contributed by atoms with van der Waals surface area (Å²) in [5.41, 5.74) is 0.994. The Hall–Kier alpha value is -1.75.